The van der Waals surface area contributed by atoms with Crippen LogP contribution in [0.15, 0.2) is 0 Å². The molecule has 7 nitrogen and oxygen atoms in total. The molecule has 0 aliphatic carbocycles. The minimum Gasteiger partial charge on any atom is -0.481 e. The number of aliphatic carboxylic acids is 1. The number of hydrogen-bond acceptors (Lipinski definition) is 4. The maximum Gasteiger partial charge on any atom is 0.306 e. The van der Waals surface area contributed by atoms with Crippen LogP contribution in [0.4, 0.5) is 0 Å². The molecule has 4 atom stereocenters. The molecule has 122 valence electrons. The molecule has 0 aliphatic rings. The van der Waals surface area contributed by atoms with Crippen molar-refractivity contribution in [3.63, 3.8) is 0 Å². The number of carbonyl (C=O) groups excluding carboxylic acids is 2. The number of amides is 2. The van der Waals surface area contributed by atoms with E-state index in [4.69, 9.17) is 16.0 Å². The summed E-state index contributed by atoms with van der Waals surface area (Å²) in [5.74, 6) is -4.35. The molecule has 21 heavy (non-hydrogen) atoms. The first-order chi connectivity index (χ1) is 9.34. The Hall–Kier alpha value is -1.63. The van der Waals surface area contributed by atoms with Gasteiger partial charge in [0.1, 0.15) is 0 Å². The molecule has 2 amide bonds. The predicted molar refractivity (Wildman–Crippen MR) is 76.1 cm³/mol. The van der Waals surface area contributed by atoms with Crippen LogP contribution in [0.3, 0.4) is 0 Å². The van der Waals surface area contributed by atoms with Gasteiger partial charge in [-0.15, -0.1) is 0 Å². The number of nitrogens with two attached hydrogens (primary N) is 1. The van der Waals surface area contributed by atoms with E-state index in [2.05, 4.69) is 0 Å². The van der Waals surface area contributed by atoms with Crippen LogP contribution < -0.4 is 11.2 Å². The first-order valence-electron chi connectivity index (χ1n) is 6.82. The first-order valence-corrected chi connectivity index (χ1v) is 6.82. The van der Waals surface area contributed by atoms with E-state index in [-0.39, 0.29) is 0 Å². The van der Waals surface area contributed by atoms with E-state index in [1.165, 1.54) is 6.92 Å². The smallest absolute Gasteiger partial charge is 0.306 e. The maximum atomic E-state index is 12.0. The summed E-state index contributed by atoms with van der Waals surface area (Å²) in [7, 11) is 0. The van der Waals surface area contributed by atoms with E-state index in [1.54, 1.807) is 40.1 Å². The summed E-state index contributed by atoms with van der Waals surface area (Å²) in [4.78, 5) is 35.1. The highest BCUT2D eigenvalue weighted by Gasteiger charge is 2.52. The molecule has 0 heterocycles. The fourth-order valence-electron chi connectivity index (χ4n) is 2.66. The number of hydrogen-bond donors (Lipinski definition) is 4. The highest BCUT2D eigenvalue weighted by Crippen LogP contribution is 2.47. The lowest BCUT2D eigenvalue weighted by Crippen LogP contribution is -2.55. The summed E-state index contributed by atoms with van der Waals surface area (Å²) >= 11 is 0. The maximum absolute atomic E-state index is 12.0. The van der Waals surface area contributed by atoms with Crippen LogP contribution in [0.1, 0.15) is 41.5 Å². The molecule has 5 N–H and O–H groups in total. The van der Waals surface area contributed by atoms with Gasteiger partial charge in [-0.2, -0.15) is 0 Å². The molecule has 0 bridgehead atoms. The van der Waals surface area contributed by atoms with Crippen molar-refractivity contribution >= 4 is 17.8 Å². The third kappa shape index (κ3) is 3.34. The predicted octanol–water partition coefficient (Wildman–Crippen LogP) is 1.00. The van der Waals surface area contributed by atoms with Gasteiger partial charge in [0.15, 0.2) is 0 Å². The molecule has 0 aromatic heterocycles. The van der Waals surface area contributed by atoms with Crippen LogP contribution in [0.2, 0.25) is 0 Å². The van der Waals surface area contributed by atoms with Crippen molar-refractivity contribution in [2.45, 2.75) is 41.5 Å². The van der Waals surface area contributed by atoms with Crippen molar-refractivity contribution in [2.24, 2.45) is 34.3 Å². The lowest BCUT2D eigenvalue weighted by atomic mass is 9.57. The van der Waals surface area contributed by atoms with E-state index in [0.29, 0.717) is 0 Å². The van der Waals surface area contributed by atoms with Gasteiger partial charge in [-0.3, -0.25) is 19.6 Å². The molecule has 0 aliphatic heterocycles. The second-order valence-corrected chi connectivity index (χ2v) is 6.45. The lowest BCUT2D eigenvalue weighted by molar-refractivity contribution is -0.154. The highest BCUT2D eigenvalue weighted by atomic mass is 16.5. The van der Waals surface area contributed by atoms with Crippen molar-refractivity contribution in [3.8, 4) is 0 Å². The van der Waals surface area contributed by atoms with Gasteiger partial charge in [-0.25, -0.2) is 5.48 Å². The average molecular weight is 302 g/mol. The van der Waals surface area contributed by atoms with Crippen LogP contribution >= 0.6 is 0 Å². The van der Waals surface area contributed by atoms with Crippen LogP contribution in [0.5, 0.6) is 0 Å². The van der Waals surface area contributed by atoms with Crippen molar-refractivity contribution in [3.05, 3.63) is 0 Å². The molecule has 0 saturated heterocycles. The second kappa shape index (κ2) is 6.43. The van der Waals surface area contributed by atoms with Gasteiger partial charge in [0.2, 0.25) is 11.8 Å². The van der Waals surface area contributed by atoms with Gasteiger partial charge in [-0.1, -0.05) is 41.5 Å². The molecule has 0 saturated carbocycles. The standard InChI is InChI=1S/C14H26N2O5/c1-7(10(17)18)8(2)14(6,11(15)19)9(3)13(4,5)12(20)16-21/h7-9,21H,1-6H3,(H2,15,19)(H,16,20)(H,17,18). The Morgan fingerprint density at radius 2 is 1.52 bits per heavy atom. The minimum atomic E-state index is -1.23. The third-order valence-electron chi connectivity index (χ3n) is 5.29. The largest absolute Gasteiger partial charge is 0.481 e. The minimum absolute atomic E-state index is 0.590. The average Bonchev–Trinajstić information content (AvgIpc) is 2.42. The Kier molecular flexibility index (Phi) is 5.93. The number of carboxylic acid groups (broad SMARTS) is 1. The van der Waals surface area contributed by atoms with Gasteiger partial charge in [0.05, 0.1) is 11.3 Å². The van der Waals surface area contributed by atoms with Crippen molar-refractivity contribution in [2.75, 3.05) is 0 Å². The van der Waals surface area contributed by atoms with Gasteiger partial charge in [0, 0.05) is 5.41 Å². The summed E-state index contributed by atoms with van der Waals surface area (Å²) in [6, 6.07) is 0. The normalized spacial score (nSPS) is 19.0. The second-order valence-electron chi connectivity index (χ2n) is 6.45. The Morgan fingerprint density at radius 1 is 1.10 bits per heavy atom. The van der Waals surface area contributed by atoms with Gasteiger partial charge in [0.25, 0.3) is 0 Å². The van der Waals surface area contributed by atoms with Crippen molar-refractivity contribution < 1.29 is 24.7 Å². The topological polar surface area (TPSA) is 130 Å². The van der Waals surface area contributed by atoms with Gasteiger partial charge < -0.3 is 10.8 Å². The third-order valence-corrected chi connectivity index (χ3v) is 5.29. The SMILES string of the molecule is CC(C(=O)O)C(C)C(C)(C(N)=O)C(C)C(C)(C)C(=O)NO. The summed E-state index contributed by atoms with van der Waals surface area (Å²) in [6.45, 7) is 9.50. The summed E-state index contributed by atoms with van der Waals surface area (Å²) < 4.78 is 0. The van der Waals surface area contributed by atoms with Crippen LogP contribution in [0, 0.1) is 28.6 Å². The number of hydroxylamine groups is 1. The molecule has 0 aromatic carbocycles. The molecular formula is C14H26N2O5. The lowest BCUT2D eigenvalue weighted by Gasteiger charge is -2.45. The van der Waals surface area contributed by atoms with E-state index >= 15 is 0 Å². The Morgan fingerprint density at radius 3 is 1.81 bits per heavy atom. The molecular weight excluding hydrogens is 276 g/mol. The van der Waals surface area contributed by atoms with Crippen molar-refractivity contribution in [1.82, 2.24) is 5.48 Å². The molecule has 4 unspecified atom stereocenters. The van der Waals surface area contributed by atoms with Crippen LogP contribution in [-0.4, -0.2) is 28.1 Å². The number of rotatable bonds is 7. The summed E-state index contributed by atoms with van der Waals surface area (Å²) in [5, 5.41) is 18.0. The number of carbonyl (C=O) groups is 3. The monoisotopic (exact) mass is 302 g/mol. The zero-order chi connectivity index (χ0) is 17.2. The molecule has 0 aromatic rings. The number of nitrogens with one attached hydrogen (secondary N) is 1. The molecule has 0 fully saturated rings. The molecule has 0 rings (SSSR count). The van der Waals surface area contributed by atoms with E-state index in [1.807, 2.05) is 0 Å². The van der Waals surface area contributed by atoms with E-state index < -0.39 is 46.4 Å². The van der Waals surface area contributed by atoms with E-state index in [9.17, 15) is 14.4 Å². The summed E-state index contributed by atoms with van der Waals surface area (Å²) in [5.41, 5.74) is 4.77. The summed E-state index contributed by atoms with van der Waals surface area (Å²) in [6.07, 6.45) is 0. The number of carboxylic acids is 1. The zero-order valence-corrected chi connectivity index (χ0v) is 13.4. The fourth-order valence-corrected chi connectivity index (χ4v) is 2.66. The van der Waals surface area contributed by atoms with Crippen LogP contribution in [-0.2, 0) is 14.4 Å². The van der Waals surface area contributed by atoms with Crippen LogP contribution in [0.25, 0.3) is 0 Å². The zero-order valence-electron chi connectivity index (χ0n) is 13.4. The fraction of sp³-hybridized carbons (Fsp3) is 0.786. The Bertz CT molecular complexity index is 435. The molecule has 0 spiro atoms. The van der Waals surface area contributed by atoms with Gasteiger partial charge >= 0.3 is 5.97 Å². The van der Waals surface area contributed by atoms with Crippen molar-refractivity contribution in [1.29, 1.82) is 0 Å². The molecule has 7 heteroatoms. The Balaban J connectivity index is 5.83. The Labute approximate surface area is 124 Å². The van der Waals surface area contributed by atoms with Gasteiger partial charge in [-0.05, 0) is 11.8 Å². The molecule has 0 radical (unpaired) electrons. The number of primary amides is 1. The first kappa shape index (κ1) is 19.4. The quantitative estimate of drug-likeness (QED) is 0.412. The van der Waals surface area contributed by atoms with E-state index in [0.717, 1.165) is 0 Å². The highest BCUT2D eigenvalue weighted by molar-refractivity contribution is 5.86.